The predicted molar refractivity (Wildman–Crippen MR) is 112 cm³/mol. The Bertz CT molecular complexity index is 1040. The van der Waals surface area contributed by atoms with Gasteiger partial charge < -0.3 is 5.32 Å². The third-order valence-electron chi connectivity index (χ3n) is 4.77. The number of aromatic nitrogens is 2. The Morgan fingerprint density at radius 1 is 1.19 bits per heavy atom. The minimum atomic E-state index is -0.122. The summed E-state index contributed by atoms with van der Waals surface area (Å²) in [5, 5.41) is 3.56. The Balaban J connectivity index is 1.67. The second-order valence-electron chi connectivity index (χ2n) is 7.83. The highest BCUT2D eigenvalue weighted by molar-refractivity contribution is 7.18. The van der Waals surface area contributed by atoms with Crippen LogP contribution in [-0.4, -0.2) is 15.5 Å². The highest BCUT2D eigenvalue weighted by Gasteiger charge is 2.14. The summed E-state index contributed by atoms with van der Waals surface area (Å²) in [6, 6.07) is 7.88. The Morgan fingerprint density at radius 3 is 2.48 bits per heavy atom. The molecule has 142 valence electrons. The van der Waals surface area contributed by atoms with Crippen LogP contribution in [0, 0.1) is 13.8 Å². The van der Waals surface area contributed by atoms with Crippen molar-refractivity contribution in [3.63, 3.8) is 0 Å². The number of amides is 1. The summed E-state index contributed by atoms with van der Waals surface area (Å²) in [6.45, 7) is 10.7. The van der Waals surface area contributed by atoms with Gasteiger partial charge in [-0.1, -0.05) is 32.9 Å². The van der Waals surface area contributed by atoms with Gasteiger partial charge in [0.15, 0.2) is 0 Å². The molecule has 0 unspecified atom stereocenters. The molecular weight excluding hydrogens is 358 g/mol. The maximum Gasteiger partial charge on any atom is 0.262 e. The van der Waals surface area contributed by atoms with E-state index in [0.29, 0.717) is 11.9 Å². The van der Waals surface area contributed by atoms with E-state index in [2.05, 4.69) is 31.1 Å². The largest absolute Gasteiger partial charge is 0.326 e. The van der Waals surface area contributed by atoms with Crippen LogP contribution in [0.2, 0.25) is 0 Å². The van der Waals surface area contributed by atoms with Gasteiger partial charge in [-0.05, 0) is 42.5 Å². The molecule has 0 spiro atoms. The highest BCUT2D eigenvalue weighted by Crippen LogP contribution is 2.25. The molecule has 6 heteroatoms. The molecule has 27 heavy (non-hydrogen) atoms. The van der Waals surface area contributed by atoms with E-state index in [9.17, 15) is 9.59 Å². The molecule has 0 aliphatic rings. The van der Waals surface area contributed by atoms with Gasteiger partial charge in [-0.25, -0.2) is 4.98 Å². The lowest BCUT2D eigenvalue weighted by Gasteiger charge is -2.19. The van der Waals surface area contributed by atoms with Crippen LogP contribution < -0.4 is 10.9 Å². The smallest absolute Gasteiger partial charge is 0.262 e. The van der Waals surface area contributed by atoms with Crippen molar-refractivity contribution < 1.29 is 4.79 Å². The summed E-state index contributed by atoms with van der Waals surface area (Å²) in [5.41, 5.74) is 2.95. The number of thiophene rings is 1. The van der Waals surface area contributed by atoms with Crippen molar-refractivity contribution in [1.29, 1.82) is 0 Å². The summed E-state index contributed by atoms with van der Waals surface area (Å²) < 4.78 is 1.52. The van der Waals surface area contributed by atoms with Crippen LogP contribution in [0.25, 0.3) is 10.2 Å². The zero-order valence-electron chi connectivity index (χ0n) is 16.4. The number of benzene rings is 1. The first kappa shape index (κ1) is 19.3. The average Bonchev–Trinajstić information content (AvgIpc) is 2.89. The van der Waals surface area contributed by atoms with E-state index < -0.39 is 0 Å². The Kier molecular flexibility index (Phi) is 5.20. The van der Waals surface area contributed by atoms with Crippen molar-refractivity contribution in [2.24, 2.45) is 0 Å². The van der Waals surface area contributed by atoms with E-state index in [4.69, 9.17) is 0 Å². The topological polar surface area (TPSA) is 64.0 Å². The van der Waals surface area contributed by atoms with Crippen molar-refractivity contribution in [3.05, 3.63) is 57.0 Å². The molecule has 0 atom stereocenters. The zero-order valence-corrected chi connectivity index (χ0v) is 17.2. The van der Waals surface area contributed by atoms with Crippen molar-refractivity contribution in [2.45, 2.75) is 53.0 Å². The molecule has 2 heterocycles. The average molecular weight is 384 g/mol. The molecule has 5 nitrogen and oxygen atoms in total. The molecule has 0 bridgehead atoms. The van der Waals surface area contributed by atoms with Gasteiger partial charge in [-0.2, -0.15) is 0 Å². The van der Waals surface area contributed by atoms with E-state index in [0.717, 1.165) is 21.0 Å². The van der Waals surface area contributed by atoms with Gasteiger partial charge in [-0.15, -0.1) is 11.3 Å². The number of aryl methyl sites for hydroxylation is 3. The minimum absolute atomic E-state index is 0.0769. The van der Waals surface area contributed by atoms with Gasteiger partial charge in [-0.3, -0.25) is 14.2 Å². The zero-order chi connectivity index (χ0) is 19.8. The number of fused-ring (bicyclic) bond motifs is 1. The molecule has 3 aromatic rings. The fourth-order valence-electron chi connectivity index (χ4n) is 2.93. The molecule has 2 aromatic heterocycles. The van der Waals surface area contributed by atoms with Crippen LogP contribution in [0.15, 0.2) is 35.4 Å². The SMILES string of the molecule is Cc1sc2ncn(CCC(=O)Nc3ccc(C(C)(C)C)cc3)c(=O)c2c1C. The minimum Gasteiger partial charge on any atom is -0.326 e. The molecular formula is C21H25N3O2S. The number of nitrogens with zero attached hydrogens (tertiary/aromatic N) is 2. The maximum absolute atomic E-state index is 12.7. The molecule has 1 aromatic carbocycles. The summed E-state index contributed by atoms with van der Waals surface area (Å²) in [4.78, 5) is 31.2. The van der Waals surface area contributed by atoms with Crippen LogP contribution in [0.4, 0.5) is 5.69 Å². The summed E-state index contributed by atoms with van der Waals surface area (Å²) >= 11 is 1.53. The lowest BCUT2D eigenvalue weighted by atomic mass is 9.87. The first-order valence-electron chi connectivity index (χ1n) is 9.02. The van der Waals surface area contributed by atoms with Gasteiger partial charge in [0.1, 0.15) is 4.83 Å². The summed E-state index contributed by atoms with van der Waals surface area (Å²) in [7, 11) is 0. The van der Waals surface area contributed by atoms with Crippen molar-refractivity contribution in [3.8, 4) is 0 Å². The fraction of sp³-hybridized carbons (Fsp3) is 0.381. The normalized spacial score (nSPS) is 11.7. The molecule has 0 radical (unpaired) electrons. The van der Waals surface area contributed by atoms with E-state index >= 15 is 0 Å². The molecule has 0 aliphatic heterocycles. The molecule has 0 fully saturated rings. The number of carbonyl (C=O) groups excluding carboxylic acids is 1. The standard InChI is InChI=1S/C21H25N3O2S/c1-13-14(2)27-19-18(13)20(26)24(12-22-19)11-10-17(25)23-16-8-6-15(7-9-16)21(3,4)5/h6-9,12H,10-11H2,1-5H3,(H,23,25). The lowest BCUT2D eigenvalue weighted by molar-refractivity contribution is -0.116. The van der Waals surface area contributed by atoms with E-state index in [1.54, 1.807) is 0 Å². The third kappa shape index (κ3) is 4.11. The fourth-order valence-corrected chi connectivity index (χ4v) is 3.92. The van der Waals surface area contributed by atoms with Gasteiger partial charge in [0.2, 0.25) is 5.91 Å². The number of hydrogen-bond acceptors (Lipinski definition) is 4. The Morgan fingerprint density at radius 2 is 1.85 bits per heavy atom. The number of anilines is 1. The first-order valence-corrected chi connectivity index (χ1v) is 9.84. The van der Waals surface area contributed by atoms with Gasteiger partial charge in [0.25, 0.3) is 5.56 Å². The molecule has 1 N–H and O–H groups in total. The van der Waals surface area contributed by atoms with Gasteiger partial charge >= 0.3 is 0 Å². The summed E-state index contributed by atoms with van der Waals surface area (Å²) in [5.74, 6) is -0.122. The third-order valence-corrected chi connectivity index (χ3v) is 5.89. The maximum atomic E-state index is 12.7. The van der Waals surface area contributed by atoms with Crippen molar-refractivity contribution >= 4 is 33.1 Å². The van der Waals surface area contributed by atoms with Crippen LogP contribution in [-0.2, 0) is 16.8 Å². The second-order valence-corrected chi connectivity index (χ2v) is 9.04. The molecule has 0 saturated heterocycles. The Labute approximate surface area is 163 Å². The number of rotatable bonds is 4. The molecule has 1 amide bonds. The van der Waals surface area contributed by atoms with Crippen molar-refractivity contribution in [2.75, 3.05) is 5.32 Å². The molecule has 0 saturated carbocycles. The second kappa shape index (κ2) is 7.27. The van der Waals surface area contributed by atoms with E-state index in [1.807, 2.05) is 38.1 Å². The molecule has 3 rings (SSSR count). The van der Waals surface area contributed by atoms with Gasteiger partial charge in [0, 0.05) is 23.5 Å². The van der Waals surface area contributed by atoms with E-state index in [1.165, 1.54) is 27.8 Å². The molecule has 0 aliphatic carbocycles. The monoisotopic (exact) mass is 383 g/mol. The summed E-state index contributed by atoms with van der Waals surface area (Å²) in [6.07, 6.45) is 1.75. The van der Waals surface area contributed by atoms with Crippen LogP contribution in [0.3, 0.4) is 0 Å². The number of carbonyl (C=O) groups is 1. The van der Waals surface area contributed by atoms with E-state index in [-0.39, 0.29) is 23.3 Å². The highest BCUT2D eigenvalue weighted by atomic mass is 32.1. The number of hydrogen-bond donors (Lipinski definition) is 1. The lowest BCUT2D eigenvalue weighted by Crippen LogP contribution is -2.23. The van der Waals surface area contributed by atoms with Crippen molar-refractivity contribution in [1.82, 2.24) is 9.55 Å². The quantitative estimate of drug-likeness (QED) is 0.726. The first-order chi connectivity index (χ1) is 12.7. The van der Waals surface area contributed by atoms with Gasteiger partial charge in [0.05, 0.1) is 11.7 Å². The van der Waals surface area contributed by atoms with Crippen LogP contribution in [0.5, 0.6) is 0 Å². The number of nitrogens with one attached hydrogen (secondary N) is 1. The Hall–Kier alpha value is -2.47. The van der Waals surface area contributed by atoms with Crippen LogP contribution >= 0.6 is 11.3 Å². The predicted octanol–water partition coefficient (Wildman–Crippen LogP) is 4.40. The van der Waals surface area contributed by atoms with Crippen LogP contribution in [0.1, 0.15) is 43.2 Å².